The first-order chi connectivity index (χ1) is 18.7. The highest BCUT2D eigenvalue weighted by atomic mass is 32.2. The van der Waals surface area contributed by atoms with Gasteiger partial charge in [-0.15, -0.1) is 0 Å². The lowest BCUT2D eigenvalue weighted by atomic mass is 10.0. The molecule has 6 rings (SSSR count). The normalized spacial score (nSPS) is 16.1. The average Bonchev–Trinajstić information content (AvgIpc) is 3.50. The van der Waals surface area contributed by atoms with Crippen LogP contribution in [0.25, 0.3) is 21.3 Å². The average molecular weight is 559 g/mol. The van der Waals surface area contributed by atoms with Crippen LogP contribution < -0.4 is 14.9 Å². The summed E-state index contributed by atoms with van der Waals surface area (Å²) in [5.41, 5.74) is 5.70. The first-order valence-electron chi connectivity index (χ1n) is 12.7. The fourth-order valence-electron chi connectivity index (χ4n) is 4.96. The molecule has 0 radical (unpaired) electrons. The van der Waals surface area contributed by atoms with Gasteiger partial charge in [0, 0.05) is 23.7 Å². The SMILES string of the molecule is CCS(=O)(=O)Nc1nc2ccc(-c3cnc4c(c3)N(C(=O)N[C@@H](C)c3ccc(C#N)cc3)CC43CC3)cc2s1. The summed E-state index contributed by atoms with van der Waals surface area (Å²) in [6, 6.07) is 16.7. The van der Waals surface area contributed by atoms with E-state index in [1.165, 1.54) is 11.3 Å². The molecule has 1 atom stereocenters. The maximum atomic E-state index is 13.5. The predicted octanol–water partition coefficient (Wildman–Crippen LogP) is 5.31. The molecule has 1 spiro atoms. The number of nitriles is 1. The molecule has 0 unspecified atom stereocenters. The Bertz CT molecular complexity index is 1750. The zero-order chi connectivity index (χ0) is 27.4. The van der Waals surface area contributed by atoms with Crippen molar-refractivity contribution in [1.29, 1.82) is 5.26 Å². The van der Waals surface area contributed by atoms with Crippen LogP contribution in [-0.2, 0) is 15.4 Å². The van der Waals surface area contributed by atoms with Crippen molar-refractivity contribution >= 4 is 48.4 Å². The summed E-state index contributed by atoms with van der Waals surface area (Å²) in [5.74, 6) is -0.0210. The largest absolute Gasteiger partial charge is 0.331 e. The summed E-state index contributed by atoms with van der Waals surface area (Å²) in [6.45, 7) is 4.11. The molecule has 3 heterocycles. The molecule has 1 aliphatic carbocycles. The Kier molecular flexibility index (Phi) is 6.04. The lowest BCUT2D eigenvalue weighted by Crippen LogP contribution is -2.41. The van der Waals surface area contributed by atoms with E-state index in [9.17, 15) is 13.2 Å². The van der Waals surface area contributed by atoms with E-state index in [1.807, 2.05) is 49.5 Å². The first-order valence-corrected chi connectivity index (χ1v) is 15.2. The molecular formula is C28H26N6O3S2. The number of nitrogens with one attached hydrogen (secondary N) is 2. The summed E-state index contributed by atoms with van der Waals surface area (Å²) >= 11 is 1.28. The number of aromatic nitrogens is 2. The Balaban J connectivity index is 1.28. The van der Waals surface area contributed by atoms with Crippen LogP contribution in [0.4, 0.5) is 15.6 Å². The molecule has 39 heavy (non-hydrogen) atoms. The van der Waals surface area contributed by atoms with Gasteiger partial charge in [-0.25, -0.2) is 18.2 Å². The van der Waals surface area contributed by atoms with E-state index >= 15 is 0 Å². The van der Waals surface area contributed by atoms with E-state index in [1.54, 1.807) is 24.0 Å². The summed E-state index contributed by atoms with van der Waals surface area (Å²) in [5, 5.41) is 12.5. The fraction of sp³-hybridized carbons (Fsp3) is 0.286. The molecule has 4 aromatic rings. The van der Waals surface area contributed by atoms with Crippen molar-refractivity contribution < 1.29 is 13.2 Å². The maximum absolute atomic E-state index is 13.5. The van der Waals surface area contributed by atoms with Gasteiger partial charge >= 0.3 is 6.03 Å². The number of fused-ring (bicyclic) bond motifs is 3. The quantitative estimate of drug-likeness (QED) is 0.330. The number of anilines is 2. The van der Waals surface area contributed by atoms with Gasteiger partial charge < -0.3 is 5.32 Å². The minimum atomic E-state index is -3.41. The maximum Gasteiger partial charge on any atom is 0.322 e. The lowest BCUT2D eigenvalue weighted by molar-refractivity contribution is 0.243. The third-order valence-corrected chi connectivity index (χ3v) is 9.77. The van der Waals surface area contributed by atoms with E-state index in [4.69, 9.17) is 10.2 Å². The van der Waals surface area contributed by atoms with E-state index in [2.05, 4.69) is 21.1 Å². The van der Waals surface area contributed by atoms with Crippen molar-refractivity contribution in [3.8, 4) is 17.2 Å². The highest BCUT2D eigenvalue weighted by Gasteiger charge is 2.54. The number of carbonyl (C=O) groups excluding carboxylic acids is 1. The molecule has 198 valence electrons. The highest BCUT2D eigenvalue weighted by molar-refractivity contribution is 7.92. The van der Waals surface area contributed by atoms with Crippen LogP contribution >= 0.6 is 11.3 Å². The number of benzene rings is 2. The molecule has 9 nitrogen and oxygen atoms in total. The van der Waals surface area contributed by atoms with Gasteiger partial charge in [0.15, 0.2) is 5.13 Å². The summed E-state index contributed by atoms with van der Waals surface area (Å²) in [7, 11) is -3.41. The zero-order valence-corrected chi connectivity index (χ0v) is 23.1. The first kappa shape index (κ1) is 25.3. The topological polar surface area (TPSA) is 128 Å². The van der Waals surface area contributed by atoms with Crippen molar-refractivity contribution in [2.45, 2.75) is 38.1 Å². The minimum absolute atomic E-state index is 0.0210. The zero-order valence-electron chi connectivity index (χ0n) is 21.4. The molecule has 1 aliphatic heterocycles. The molecule has 1 saturated carbocycles. The summed E-state index contributed by atoms with van der Waals surface area (Å²) in [4.78, 5) is 24.5. The summed E-state index contributed by atoms with van der Waals surface area (Å²) in [6.07, 6.45) is 3.86. The number of sulfonamides is 1. The van der Waals surface area contributed by atoms with Crippen LogP contribution in [0, 0.1) is 11.3 Å². The fourth-order valence-corrected chi connectivity index (χ4v) is 6.72. The number of hydrogen-bond acceptors (Lipinski definition) is 7. The van der Waals surface area contributed by atoms with Crippen molar-refractivity contribution in [1.82, 2.24) is 15.3 Å². The Labute approximate surface area is 230 Å². The van der Waals surface area contributed by atoms with Crippen LogP contribution in [0.5, 0.6) is 0 Å². The van der Waals surface area contributed by atoms with Crippen LogP contribution in [0.3, 0.4) is 0 Å². The second-order valence-electron chi connectivity index (χ2n) is 10.1. The van der Waals surface area contributed by atoms with Gasteiger partial charge in [-0.2, -0.15) is 5.26 Å². The smallest absolute Gasteiger partial charge is 0.322 e. The summed E-state index contributed by atoms with van der Waals surface area (Å²) < 4.78 is 27.3. The molecule has 0 saturated heterocycles. The van der Waals surface area contributed by atoms with E-state index in [0.717, 1.165) is 45.6 Å². The molecule has 2 amide bonds. The molecule has 2 N–H and O–H groups in total. The molecule has 2 aromatic heterocycles. The molecule has 2 aromatic carbocycles. The molecule has 2 aliphatic rings. The number of nitrogens with zero attached hydrogens (tertiary/aromatic N) is 4. The van der Waals surface area contributed by atoms with Crippen molar-refractivity contribution in [3.63, 3.8) is 0 Å². The van der Waals surface area contributed by atoms with Gasteiger partial charge in [0.25, 0.3) is 0 Å². The second kappa shape index (κ2) is 9.32. The van der Waals surface area contributed by atoms with Gasteiger partial charge in [-0.1, -0.05) is 29.5 Å². The van der Waals surface area contributed by atoms with Crippen molar-refractivity contribution in [2.75, 3.05) is 21.9 Å². The number of thiazole rings is 1. The Hall–Kier alpha value is -4.01. The number of urea groups is 1. The second-order valence-corrected chi connectivity index (χ2v) is 13.1. The van der Waals surface area contributed by atoms with Crippen LogP contribution in [0.2, 0.25) is 0 Å². The monoisotopic (exact) mass is 558 g/mol. The van der Waals surface area contributed by atoms with Crippen LogP contribution in [0.15, 0.2) is 54.7 Å². The Morgan fingerprint density at radius 3 is 2.64 bits per heavy atom. The Morgan fingerprint density at radius 1 is 1.18 bits per heavy atom. The number of pyridine rings is 1. The van der Waals surface area contributed by atoms with Crippen molar-refractivity contribution in [2.24, 2.45) is 0 Å². The van der Waals surface area contributed by atoms with Gasteiger partial charge in [0.05, 0.1) is 45.0 Å². The highest BCUT2D eigenvalue weighted by Crippen LogP contribution is 2.56. The third kappa shape index (κ3) is 4.70. The van der Waals surface area contributed by atoms with Crippen molar-refractivity contribution in [3.05, 3.63) is 71.5 Å². The molecule has 11 heteroatoms. The van der Waals surface area contributed by atoms with Crippen LogP contribution in [-0.4, -0.2) is 36.7 Å². The van der Waals surface area contributed by atoms with Crippen LogP contribution in [0.1, 0.15) is 49.6 Å². The number of rotatable bonds is 6. The van der Waals surface area contributed by atoms with E-state index in [-0.39, 0.29) is 23.2 Å². The number of amides is 2. The molecule has 0 bridgehead atoms. The lowest BCUT2D eigenvalue weighted by Gasteiger charge is -2.22. The molecular weight excluding hydrogens is 532 g/mol. The van der Waals surface area contributed by atoms with Gasteiger partial charge in [0.1, 0.15) is 0 Å². The van der Waals surface area contributed by atoms with Gasteiger partial charge in [-0.05, 0) is 68.1 Å². The Morgan fingerprint density at radius 2 is 1.95 bits per heavy atom. The molecule has 1 fully saturated rings. The third-order valence-electron chi connectivity index (χ3n) is 7.44. The predicted molar refractivity (Wildman–Crippen MR) is 152 cm³/mol. The number of carbonyl (C=O) groups is 1. The minimum Gasteiger partial charge on any atom is -0.331 e. The standard InChI is InChI=1S/C28H26N6O3S2/c1-3-39(36,37)33-26-32-22-9-8-20(13-24(22)38-26)21-12-23-25(30-15-21)28(10-11-28)16-34(23)27(35)31-17(2)19-6-4-18(14-29)5-7-19/h4-9,12-13,15,17H,3,10-11,16H2,1-2H3,(H,31,35)(H,32,33)/t17-/m0/s1. The van der Waals surface area contributed by atoms with Gasteiger partial charge in [-0.3, -0.25) is 14.6 Å². The van der Waals surface area contributed by atoms with E-state index < -0.39 is 10.0 Å². The van der Waals surface area contributed by atoms with Gasteiger partial charge in [0.2, 0.25) is 10.0 Å². The van der Waals surface area contributed by atoms with E-state index in [0.29, 0.717) is 22.8 Å². The number of hydrogen-bond donors (Lipinski definition) is 2.